The molecule has 30 heavy (non-hydrogen) atoms. The molecule has 177 valence electrons. The molecule has 0 saturated heterocycles. The maximum absolute atomic E-state index is 2.46. The fourth-order valence-corrected chi connectivity index (χ4v) is 7.73. The summed E-state index contributed by atoms with van der Waals surface area (Å²) >= 11 is 0. The molecule has 0 N–H and O–H groups in total. The minimum atomic E-state index is -1.07. The molecule has 0 aliphatic carbocycles. The molecule has 0 aliphatic rings. The maximum atomic E-state index is 2.46. The van der Waals surface area contributed by atoms with Crippen LogP contribution in [-0.4, -0.2) is 32.3 Å². The summed E-state index contributed by atoms with van der Waals surface area (Å²) in [6, 6.07) is 14.3. The standard InChI is InChI=1S/2C11H21Si2.3ClH.V/c2*1-12(2,3)10-7-8-11(9-10)13(4,5)6;;;;/h2*7-9H,1-6H3;3*1H;/q2*-1;;;;/p-3. The van der Waals surface area contributed by atoms with Gasteiger partial charge in [0.25, 0.3) is 0 Å². The van der Waals surface area contributed by atoms with Gasteiger partial charge in [-0.25, -0.2) is 22.5 Å². The second-order valence-electron chi connectivity index (χ2n) is 11.8. The second kappa shape index (κ2) is 13.7. The molecule has 0 atom stereocenters. The van der Waals surface area contributed by atoms with Crippen LogP contribution in [-0.2, 0) is 18.6 Å². The summed E-state index contributed by atoms with van der Waals surface area (Å²) < 4.78 is 0. The number of hydrogen-bond donors (Lipinski definition) is 0. The molecular formula is C22H42Cl3Si4V-5. The molecule has 0 bridgehead atoms. The Morgan fingerprint density at radius 3 is 0.833 bits per heavy atom. The molecule has 0 aliphatic heterocycles. The van der Waals surface area contributed by atoms with Crippen molar-refractivity contribution >= 4 is 53.0 Å². The summed E-state index contributed by atoms with van der Waals surface area (Å²) in [5.41, 5.74) is 0. The Morgan fingerprint density at radius 2 is 0.733 bits per heavy atom. The van der Waals surface area contributed by atoms with Crippen LogP contribution in [0.2, 0.25) is 78.6 Å². The Kier molecular flexibility index (Phi) is 17.4. The van der Waals surface area contributed by atoms with E-state index in [0.717, 1.165) is 0 Å². The van der Waals surface area contributed by atoms with Crippen molar-refractivity contribution in [1.82, 2.24) is 0 Å². The predicted octanol–water partition coefficient (Wildman–Crippen LogP) is -4.00. The van der Waals surface area contributed by atoms with Gasteiger partial charge in [0.05, 0.1) is 0 Å². The van der Waals surface area contributed by atoms with E-state index in [1.807, 2.05) is 0 Å². The molecule has 0 amide bonds. The van der Waals surface area contributed by atoms with Gasteiger partial charge in [-0.05, 0) is 0 Å². The van der Waals surface area contributed by atoms with Gasteiger partial charge < -0.3 is 37.2 Å². The molecule has 2 aromatic carbocycles. The second-order valence-corrected chi connectivity index (χ2v) is 32.1. The van der Waals surface area contributed by atoms with Crippen molar-refractivity contribution < 1.29 is 55.8 Å². The molecule has 2 rings (SSSR count). The third-order valence-electron chi connectivity index (χ3n) is 4.97. The van der Waals surface area contributed by atoms with Crippen molar-refractivity contribution in [3.8, 4) is 0 Å². The van der Waals surface area contributed by atoms with Crippen molar-refractivity contribution in [2.24, 2.45) is 0 Å². The molecule has 0 spiro atoms. The molecule has 1 radical (unpaired) electrons. The molecule has 0 nitrogen and oxygen atoms in total. The molecular weight excluding hydrogens is 534 g/mol. The fraction of sp³-hybridized carbons (Fsp3) is 0.545. The number of halogens is 3. The van der Waals surface area contributed by atoms with E-state index >= 15 is 0 Å². The van der Waals surface area contributed by atoms with Gasteiger partial charge in [0.15, 0.2) is 0 Å². The van der Waals surface area contributed by atoms with Crippen LogP contribution in [0.4, 0.5) is 0 Å². The van der Waals surface area contributed by atoms with Crippen LogP contribution in [0.15, 0.2) is 36.4 Å². The maximum Gasteiger partial charge on any atom is 0.0147 e. The average molecular weight is 576 g/mol. The van der Waals surface area contributed by atoms with Crippen molar-refractivity contribution in [2.45, 2.75) is 78.6 Å². The van der Waals surface area contributed by atoms with Crippen LogP contribution in [0.3, 0.4) is 0 Å². The first-order chi connectivity index (χ1) is 11.4. The molecule has 0 aromatic heterocycles. The van der Waals surface area contributed by atoms with E-state index in [9.17, 15) is 0 Å². The molecule has 0 heterocycles. The van der Waals surface area contributed by atoms with Gasteiger partial charge in [-0.2, -0.15) is 34.6 Å². The van der Waals surface area contributed by atoms with Gasteiger partial charge in [-0.15, -0.1) is 0 Å². The van der Waals surface area contributed by atoms with E-state index in [1.165, 1.54) is 0 Å². The van der Waals surface area contributed by atoms with Crippen LogP contribution < -0.4 is 58.0 Å². The largest absolute Gasteiger partial charge is 1.00 e. The monoisotopic (exact) mass is 574 g/mol. The zero-order valence-electron chi connectivity index (χ0n) is 21.0. The fourth-order valence-electron chi connectivity index (χ4n) is 2.75. The van der Waals surface area contributed by atoms with Gasteiger partial charge in [-0.1, -0.05) is 78.6 Å². The van der Waals surface area contributed by atoms with Gasteiger partial charge in [0.2, 0.25) is 0 Å². The van der Waals surface area contributed by atoms with Gasteiger partial charge in [-0.3, -0.25) is 0 Å². The Bertz CT molecular complexity index is 593. The van der Waals surface area contributed by atoms with E-state index in [-0.39, 0.29) is 55.8 Å². The van der Waals surface area contributed by atoms with Crippen molar-refractivity contribution in [1.29, 1.82) is 0 Å². The number of hydrogen-bond acceptors (Lipinski definition) is 0. The third-order valence-corrected chi connectivity index (χ3v) is 13.1. The normalized spacial score (nSPS) is 11.6. The number of rotatable bonds is 4. The van der Waals surface area contributed by atoms with Crippen LogP contribution in [0.5, 0.6) is 0 Å². The first-order valence-corrected chi connectivity index (χ1v) is 24.0. The smallest absolute Gasteiger partial charge is 0.0147 e. The Labute approximate surface area is 222 Å². The molecule has 2 aromatic rings. The molecule has 8 heteroatoms. The summed E-state index contributed by atoms with van der Waals surface area (Å²) in [5, 5.41) is 6.46. The SMILES string of the molecule is C[Si](C)(C)c1cc[c-]([Si](C)(C)C)c1.C[Si](C)(C)c1cc[c-]([Si](C)(C)C)c1.[Cl-].[Cl-].[Cl-].[V]. The third kappa shape index (κ3) is 12.3. The van der Waals surface area contributed by atoms with Crippen molar-refractivity contribution in [3.63, 3.8) is 0 Å². The first-order valence-electron chi connectivity index (χ1n) is 9.98. The van der Waals surface area contributed by atoms with E-state index in [2.05, 4.69) is 115 Å². The topological polar surface area (TPSA) is 0 Å². The Balaban J connectivity index is -0.000000199. The van der Waals surface area contributed by atoms with Gasteiger partial charge in [0, 0.05) is 50.9 Å². The van der Waals surface area contributed by atoms with Crippen molar-refractivity contribution in [3.05, 3.63) is 36.4 Å². The zero-order valence-corrected chi connectivity index (χ0v) is 28.7. The molecule has 0 fully saturated rings. The van der Waals surface area contributed by atoms with Crippen molar-refractivity contribution in [2.75, 3.05) is 0 Å². The first kappa shape index (κ1) is 38.3. The summed E-state index contributed by atoms with van der Waals surface area (Å²) in [6.45, 7) is 29.0. The summed E-state index contributed by atoms with van der Waals surface area (Å²) in [5.74, 6) is 0. The Morgan fingerprint density at radius 1 is 0.500 bits per heavy atom. The van der Waals surface area contributed by atoms with E-state index < -0.39 is 32.3 Å². The minimum absolute atomic E-state index is 0. The van der Waals surface area contributed by atoms with E-state index in [4.69, 9.17) is 0 Å². The van der Waals surface area contributed by atoms with Crippen LogP contribution >= 0.6 is 0 Å². The summed E-state index contributed by atoms with van der Waals surface area (Å²) in [4.78, 5) is 0. The molecule has 0 saturated carbocycles. The predicted molar refractivity (Wildman–Crippen MR) is 136 cm³/mol. The summed E-state index contributed by atoms with van der Waals surface area (Å²) in [6.07, 6.45) is 0. The average Bonchev–Trinajstić information content (AvgIpc) is 3.06. The van der Waals surface area contributed by atoms with Crippen LogP contribution in [0, 0.1) is 0 Å². The van der Waals surface area contributed by atoms with E-state index in [0.29, 0.717) is 0 Å². The van der Waals surface area contributed by atoms with Crippen LogP contribution in [0.1, 0.15) is 0 Å². The van der Waals surface area contributed by atoms with Crippen LogP contribution in [0.25, 0.3) is 0 Å². The Hall–Kier alpha value is 1.02. The molecule has 0 unspecified atom stereocenters. The zero-order chi connectivity index (χ0) is 20.6. The summed E-state index contributed by atoms with van der Waals surface area (Å²) in [7, 11) is -4.28. The quantitative estimate of drug-likeness (QED) is 0.258. The minimum Gasteiger partial charge on any atom is -1.00 e. The van der Waals surface area contributed by atoms with E-state index in [1.54, 1.807) is 20.7 Å². The van der Waals surface area contributed by atoms with Gasteiger partial charge in [0.1, 0.15) is 0 Å². The van der Waals surface area contributed by atoms with Gasteiger partial charge >= 0.3 is 0 Å².